The zero-order valence-corrected chi connectivity index (χ0v) is 17.6. The molecule has 0 aliphatic carbocycles. The molecule has 1 amide bonds. The quantitative estimate of drug-likeness (QED) is 0.490. The molecule has 6 rings (SSSR count). The number of pyridine rings is 1. The van der Waals surface area contributed by atoms with Crippen LogP contribution in [0.2, 0.25) is 0 Å². The Bertz CT molecular complexity index is 1370. The van der Waals surface area contributed by atoms with Gasteiger partial charge in [-0.1, -0.05) is 12.1 Å². The van der Waals surface area contributed by atoms with E-state index in [1.165, 1.54) is 16.5 Å². The number of nitrogens with one attached hydrogen (secondary N) is 1. The maximum absolute atomic E-state index is 12.7. The van der Waals surface area contributed by atoms with E-state index in [1.54, 1.807) is 18.2 Å². The number of hydrogen-bond donors (Lipinski definition) is 1. The van der Waals surface area contributed by atoms with Gasteiger partial charge in [-0.3, -0.25) is 4.79 Å². The number of nitrogens with zero attached hydrogens (tertiary/aromatic N) is 2. The van der Waals surface area contributed by atoms with Gasteiger partial charge in [0.2, 0.25) is 6.79 Å². The number of aryl methyl sites for hydroxylation is 1. The minimum Gasteiger partial charge on any atom is -0.454 e. The highest BCUT2D eigenvalue weighted by atomic mass is 16.7. The molecule has 3 aromatic carbocycles. The summed E-state index contributed by atoms with van der Waals surface area (Å²) in [5.41, 5.74) is 5.76. The molecule has 32 heavy (non-hydrogen) atoms. The van der Waals surface area contributed by atoms with E-state index in [0.717, 1.165) is 30.0 Å². The van der Waals surface area contributed by atoms with Crippen molar-refractivity contribution in [2.45, 2.75) is 13.3 Å². The number of carbonyl (C=O) groups is 1. The Morgan fingerprint density at radius 1 is 0.969 bits per heavy atom. The maximum Gasteiger partial charge on any atom is 0.255 e. The maximum atomic E-state index is 12.7. The third-order valence-corrected chi connectivity index (χ3v) is 5.96. The van der Waals surface area contributed by atoms with Gasteiger partial charge in [0.15, 0.2) is 11.5 Å². The first kappa shape index (κ1) is 18.7. The molecule has 0 saturated heterocycles. The number of fused-ring (bicyclic) bond motifs is 3. The van der Waals surface area contributed by atoms with Crippen LogP contribution < -0.4 is 19.7 Å². The van der Waals surface area contributed by atoms with Crippen LogP contribution in [0.15, 0.2) is 66.7 Å². The number of anilines is 3. The molecule has 1 N–H and O–H groups in total. The molecular weight excluding hydrogens is 402 g/mol. The molecule has 0 bridgehead atoms. The van der Waals surface area contributed by atoms with Crippen LogP contribution in [0.25, 0.3) is 10.9 Å². The van der Waals surface area contributed by atoms with E-state index < -0.39 is 0 Å². The molecule has 6 nitrogen and oxygen atoms in total. The number of hydrogen-bond acceptors (Lipinski definition) is 5. The fraction of sp³-hybridized carbons (Fsp3) is 0.154. The molecule has 0 spiro atoms. The minimum absolute atomic E-state index is 0.170. The van der Waals surface area contributed by atoms with E-state index in [0.29, 0.717) is 22.7 Å². The van der Waals surface area contributed by atoms with Crippen LogP contribution in [-0.4, -0.2) is 24.2 Å². The second kappa shape index (κ2) is 7.27. The largest absolute Gasteiger partial charge is 0.454 e. The average Bonchev–Trinajstić information content (AvgIpc) is 3.44. The van der Waals surface area contributed by atoms with Crippen molar-refractivity contribution in [3.05, 3.63) is 83.4 Å². The Morgan fingerprint density at radius 2 is 1.81 bits per heavy atom. The second-order valence-corrected chi connectivity index (χ2v) is 8.14. The lowest BCUT2D eigenvalue weighted by atomic mass is 10.1. The fourth-order valence-corrected chi connectivity index (χ4v) is 4.29. The van der Waals surface area contributed by atoms with E-state index in [1.807, 2.05) is 24.3 Å². The fourth-order valence-electron chi connectivity index (χ4n) is 4.29. The van der Waals surface area contributed by atoms with Gasteiger partial charge in [-0.25, -0.2) is 4.98 Å². The third-order valence-electron chi connectivity index (χ3n) is 5.96. The lowest BCUT2D eigenvalue weighted by molar-refractivity contribution is 0.102. The molecule has 0 saturated carbocycles. The van der Waals surface area contributed by atoms with Crippen LogP contribution in [0.3, 0.4) is 0 Å². The van der Waals surface area contributed by atoms with Gasteiger partial charge in [0.1, 0.15) is 5.82 Å². The van der Waals surface area contributed by atoms with Crippen LogP contribution in [-0.2, 0) is 6.42 Å². The van der Waals surface area contributed by atoms with Crippen LogP contribution in [0.4, 0.5) is 17.2 Å². The standard InChI is InChI=1S/C26H21N3O3/c1-16-2-3-18-13-19-10-11-29(25(19)28-22(18)12-16)21-7-4-17(5-8-21)26(30)27-20-6-9-23-24(14-20)32-15-31-23/h2-9,12-14H,10-11,15H2,1H3,(H,27,30). The first-order chi connectivity index (χ1) is 15.6. The van der Waals surface area contributed by atoms with Crippen LogP contribution in [0, 0.1) is 6.92 Å². The molecule has 2 aliphatic heterocycles. The van der Waals surface area contributed by atoms with Gasteiger partial charge in [0.25, 0.3) is 5.91 Å². The van der Waals surface area contributed by atoms with Crippen molar-refractivity contribution in [3.63, 3.8) is 0 Å². The molecule has 1 aromatic heterocycles. The smallest absolute Gasteiger partial charge is 0.255 e. The van der Waals surface area contributed by atoms with Gasteiger partial charge < -0.3 is 19.7 Å². The van der Waals surface area contributed by atoms with Crippen molar-refractivity contribution in [2.75, 3.05) is 23.6 Å². The molecule has 3 heterocycles. The Balaban J connectivity index is 1.23. The summed E-state index contributed by atoms with van der Waals surface area (Å²) in [6.07, 6.45) is 0.957. The van der Waals surface area contributed by atoms with Crippen molar-refractivity contribution >= 4 is 34.0 Å². The van der Waals surface area contributed by atoms with E-state index in [9.17, 15) is 4.79 Å². The highest BCUT2D eigenvalue weighted by Crippen LogP contribution is 2.36. The normalized spacial score (nSPS) is 14.0. The van der Waals surface area contributed by atoms with Gasteiger partial charge >= 0.3 is 0 Å². The predicted octanol–water partition coefficient (Wildman–Crippen LogP) is 5.22. The number of aromatic nitrogens is 1. The van der Waals surface area contributed by atoms with Gasteiger partial charge in [-0.2, -0.15) is 0 Å². The molecule has 158 valence electrons. The first-order valence-corrected chi connectivity index (χ1v) is 10.6. The molecule has 0 fully saturated rings. The number of carbonyl (C=O) groups excluding carboxylic acids is 1. The predicted molar refractivity (Wildman–Crippen MR) is 124 cm³/mol. The molecule has 0 radical (unpaired) electrons. The summed E-state index contributed by atoms with van der Waals surface area (Å²) < 4.78 is 10.7. The molecule has 0 unspecified atom stereocenters. The number of rotatable bonds is 3. The number of amides is 1. The van der Waals surface area contributed by atoms with Crippen LogP contribution >= 0.6 is 0 Å². The third kappa shape index (κ3) is 3.21. The second-order valence-electron chi connectivity index (χ2n) is 8.14. The van der Waals surface area contributed by atoms with Crippen molar-refractivity contribution in [3.8, 4) is 11.5 Å². The van der Waals surface area contributed by atoms with Gasteiger partial charge in [-0.15, -0.1) is 0 Å². The summed E-state index contributed by atoms with van der Waals surface area (Å²) in [5, 5.41) is 4.09. The van der Waals surface area contributed by atoms with Gasteiger partial charge in [0, 0.05) is 34.9 Å². The Morgan fingerprint density at radius 3 is 2.69 bits per heavy atom. The molecule has 6 heteroatoms. The van der Waals surface area contributed by atoms with E-state index >= 15 is 0 Å². The average molecular weight is 423 g/mol. The Kier molecular flexibility index (Phi) is 4.24. The van der Waals surface area contributed by atoms with E-state index in [2.05, 4.69) is 41.4 Å². The summed E-state index contributed by atoms with van der Waals surface area (Å²) >= 11 is 0. The lowest BCUT2D eigenvalue weighted by Crippen LogP contribution is -2.15. The first-order valence-electron chi connectivity index (χ1n) is 10.6. The topological polar surface area (TPSA) is 63.7 Å². The monoisotopic (exact) mass is 423 g/mol. The highest BCUT2D eigenvalue weighted by molar-refractivity contribution is 6.04. The lowest BCUT2D eigenvalue weighted by Gasteiger charge is -2.19. The zero-order valence-electron chi connectivity index (χ0n) is 17.6. The Labute approximate surface area is 185 Å². The van der Waals surface area contributed by atoms with E-state index in [4.69, 9.17) is 14.5 Å². The molecular formula is C26H21N3O3. The summed E-state index contributed by atoms with van der Waals surface area (Å²) in [6.45, 7) is 3.16. The van der Waals surface area contributed by atoms with Crippen molar-refractivity contribution in [2.24, 2.45) is 0 Å². The Hall–Kier alpha value is -4.06. The zero-order chi connectivity index (χ0) is 21.7. The van der Waals surface area contributed by atoms with E-state index in [-0.39, 0.29) is 12.7 Å². The van der Waals surface area contributed by atoms with Crippen molar-refractivity contribution in [1.82, 2.24) is 4.98 Å². The summed E-state index contributed by atoms with van der Waals surface area (Å²) in [6, 6.07) is 21.6. The summed E-state index contributed by atoms with van der Waals surface area (Å²) in [7, 11) is 0. The molecule has 2 aliphatic rings. The number of ether oxygens (including phenoxy) is 2. The summed E-state index contributed by atoms with van der Waals surface area (Å²) in [4.78, 5) is 19.9. The molecule has 0 atom stereocenters. The SMILES string of the molecule is Cc1ccc2cc3c(nc2c1)N(c1ccc(C(=O)Nc2ccc4c(c2)OCO4)cc1)CC3. The molecule has 4 aromatic rings. The van der Waals surface area contributed by atoms with Gasteiger partial charge in [0.05, 0.1) is 5.52 Å². The van der Waals surface area contributed by atoms with Gasteiger partial charge in [-0.05, 0) is 73.0 Å². The van der Waals surface area contributed by atoms with Crippen molar-refractivity contribution < 1.29 is 14.3 Å². The highest BCUT2D eigenvalue weighted by Gasteiger charge is 2.23. The van der Waals surface area contributed by atoms with Crippen LogP contribution in [0.5, 0.6) is 11.5 Å². The minimum atomic E-state index is -0.170. The van der Waals surface area contributed by atoms with Crippen LogP contribution in [0.1, 0.15) is 21.5 Å². The number of benzene rings is 3. The van der Waals surface area contributed by atoms with Crippen molar-refractivity contribution in [1.29, 1.82) is 0 Å². The summed E-state index contributed by atoms with van der Waals surface area (Å²) in [5.74, 6) is 2.16.